The summed E-state index contributed by atoms with van der Waals surface area (Å²) in [6.07, 6.45) is 4.12. The Labute approximate surface area is 205 Å². The molecule has 2 N–H and O–H groups in total. The zero-order chi connectivity index (χ0) is 24.4. The van der Waals surface area contributed by atoms with Crippen LogP contribution in [0.15, 0.2) is 48.5 Å². The Morgan fingerprint density at radius 3 is 2.43 bits per heavy atom. The molecule has 2 aromatic rings. The Morgan fingerprint density at radius 2 is 1.74 bits per heavy atom. The molecule has 8 nitrogen and oxygen atoms in total. The summed E-state index contributed by atoms with van der Waals surface area (Å²) in [6.45, 7) is 2.32. The molecule has 2 heterocycles. The molecular weight excluding hydrogens is 444 g/mol. The third-order valence-electron chi connectivity index (χ3n) is 7.18. The molecule has 0 spiro atoms. The predicted molar refractivity (Wildman–Crippen MR) is 131 cm³/mol. The van der Waals surface area contributed by atoms with Crippen molar-refractivity contribution < 1.29 is 19.1 Å². The first kappa shape index (κ1) is 23.4. The summed E-state index contributed by atoms with van der Waals surface area (Å²) < 4.78 is 5.28. The van der Waals surface area contributed by atoms with Crippen LogP contribution in [-0.2, 0) is 9.59 Å². The van der Waals surface area contributed by atoms with E-state index in [-0.39, 0.29) is 36.3 Å². The fourth-order valence-corrected chi connectivity index (χ4v) is 5.21. The number of fused-ring (bicyclic) bond motifs is 1. The number of carbonyl (C=O) groups is 3. The average molecular weight is 477 g/mol. The number of amides is 3. The lowest BCUT2D eigenvalue weighted by atomic mass is 10.0. The normalized spacial score (nSPS) is 20.4. The van der Waals surface area contributed by atoms with Crippen LogP contribution in [-0.4, -0.2) is 66.9 Å². The fourth-order valence-electron chi connectivity index (χ4n) is 5.21. The molecule has 3 aliphatic rings. The van der Waals surface area contributed by atoms with E-state index in [1.165, 1.54) is 0 Å². The minimum atomic E-state index is -0.671. The second-order valence-electron chi connectivity index (χ2n) is 9.49. The molecule has 184 valence electrons. The fraction of sp³-hybridized carbons (Fsp3) is 0.444. The lowest BCUT2D eigenvalue weighted by Gasteiger charge is -2.28. The van der Waals surface area contributed by atoms with E-state index in [0.717, 1.165) is 55.6 Å². The van der Waals surface area contributed by atoms with Crippen molar-refractivity contribution in [2.24, 2.45) is 0 Å². The van der Waals surface area contributed by atoms with Gasteiger partial charge in [0.05, 0.1) is 19.7 Å². The molecule has 0 radical (unpaired) electrons. The molecule has 1 saturated carbocycles. The van der Waals surface area contributed by atoms with E-state index in [0.29, 0.717) is 12.1 Å². The molecule has 8 heteroatoms. The predicted octanol–water partition coefficient (Wildman–Crippen LogP) is 2.42. The Bertz CT molecular complexity index is 1090. The zero-order valence-electron chi connectivity index (χ0n) is 20.0. The summed E-state index contributed by atoms with van der Waals surface area (Å²) in [5, 5.41) is 5.77. The van der Waals surface area contributed by atoms with Crippen molar-refractivity contribution in [2.75, 3.05) is 33.3 Å². The molecule has 2 aromatic carbocycles. The van der Waals surface area contributed by atoms with Crippen molar-refractivity contribution in [1.29, 1.82) is 0 Å². The van der Waals surface area contributed by atoms with Gasteiger partial charge in [-0.15, -0.1) is 0 Å². The molecule has 0 aromatic heterocycles. The third-order valence-corrected chi connectivity index (χ3v) is 7.18. The topological polar surface area (TPSA) is 91.0 Å². The summed E-state index contributed by atoms with van der Waals surface area (Å²) in [6, 6.07) is 14.7. The standard InChI is InChI=1S/C27H32N4O4/c1-35-20-12-8-18(9-13-20)23(30-14-4-5-15-30)16-28-24(32)17-29-26(33)25-21-6-2-3-7-22(21)27(34)31(25)19-10-11-19/h2-3,6-9,12-13,19,23,25H,4-5,10-11,14-17H2,1H3,(H,28,32)(H,29,33). The minimum Gasteiger partial charge on any atom is -0.497 e. The Balaban J connectivity index is 1.20. The van der Waals surface area contributed by atoms with Crippen LogP contribution in [0.2, 0.25) is 0 Å². The number of methoxy groups -OCH3 is 1. The SMILES string of the molecule is COc1ccc(C(CNC(=O)CNC(=O)C2c3ccccc3C(=O)N2C2CC2)N2CCCC2)cc1. The first-order valence-electron chi connectivity index (χ1n) is 12.4. The second-order valence-corrected chi connectivity index (χ2v) is 9.49. The largest absolute Gasteiger partial charge is 0.497 e. The molecule has 3 amide bonds. The van der Waals surface area contributed by atoms with Gasteiger partial charge in [0.25, 0.3) is 5.91 Å². The van der Waals surface area contributed by atoms with Crippen molar-refractivity contribution in [3.05, 3.63) is 65.2 Å². The van der Waals surface area contributed by atoms with Crippen LogP contribution in [0, 0.1) is 0 Å². The second kappa shape index (κ2) is 10.1. The van der Waals surface area contributed by atoms with E-state index < -0.39 is 6.04 Å². The molecule has 5 rings (SSSR count). The molecular formula is C27H32N4O4. The van der Waals surface area contributed by atoms with Gasteiger partial charge < -0.3 is 20.3 Å². The summed E-state index contributed by atoms with van der Waals surface area (Å²) in [7, 11) is 1.64. The minimum absolute atomic E-state index is 0.0627. The maximum Gasteiger partial charge on any atom is 0.255 e. The number of carbonyl (C=O) groups excluding carboxylic acids is 3. The van der Waals surface area contributed by atoms with Gasteiger partial charge in [-0.1, -0.05) is 30.3 Å². The number of likely N-dealkylation sites (tertiary alicyclic amines) is 1. The van der Waals surface area contributed by atoms with Gasteiger partial charge >= 0.3 is 0 Å². The van der Waals surface area contributed by atoms with Crippen LogP contribution in [0.4, 0.5) is 0 Å². The maximum atomic E-state index is 13.1. The molecule has 2 fully saturated rings. The van der Waals surface area contributed by atoms with E-state index in [1.807, 2.05) is 42.5 Å². The van der Waals surface area contributed by atoms with Crippen molar-refractivity contribution in [1.82, 2.24) is 20.4 Å². The first-order chi connectivity index (χ1) is 17.1. The Morgan fingerprint density at radius 1 is 1.03 bits per heavy atom. The van der Waals surface area contributed by atoms with E-state index in [9.17, 15) is 14.4 Å². The molecule has 2 aliphatic heterocycles. The molecule has 2 atom stereocenters. The smallest absolute Gasteiger partial charge is 0.255 e. The van der Waals surface area contributed by atoms with Gasteiger partial charge in [0.1, 0.15) is 11.8 Å². The van der Waals surface area contributed by atoms with Crippen molar-refractivity contribution in [2.45, 2.75) is 43.8 Å². The maximum absolute atomic E-state index is 13.1. The van der Waals surface area contributed by atoms with Crippen molar-refractivity contribution in [3.63, 3.8) is 0 Å². The molecule has 2 unspecified atom stereocenters. The third kappa shape index (κ3) is 4.89. The van der Waals surface area contributed by atoms with Gasteiger partial charge in [0.15, 0.2) is 0 Å². The van der Waals surface area contributed by atoms with Crippen LogP contribution < -0.4 is 15.4 Å². The summed E-state index contributed by atoms with van der Waals surface area (Å²) in [5.74, 6) is 0.150. The van der Waals surface area contributed by atoms with Crippen LogP contribution in [0.3, 0.4) is 0 Å². The lowest BCUT2D eigenvalue weighted by Crippen LogP contribution is -2.45. The molecule has 1 aliphatic carbocycles. The van der Waals surface area contributed by atoms with E-state index >= 15 is 0 Å². The summed E-state index contributed by atoms with van der Waals surface area (Å²) >= 11 is 0. The van der Waals surface area contributed by atoms with Crippen LogP contribution in [0.1, 0.15) is 59.3 Å². The van der Waals surface area contributed by atoms with E-state index in [1.54, 1.807) is 18.1 Å². The van der Waals surface area contributed by atoms with Gasteiger partial charge in [-0.3, -0.25) is 19.3 Å². The highest BCUT2D eigenvalue weighted by Gasteiger charge is 2.47. The quantitative estimate of drug-likeness (QED) is 0.580. The highest BCUT2D eigenvalue weighted by molar-refractivity contribution is 6.05. The number of nitrogens with one attached hydrogen (secondary N) is 2. The van der Waals surface area contributed by atoms with Crippen LogP contribution >= 0.6 is 0 Å². The first-order valence-corrected chi connectivity index (χ1v) is 12.4. The van der Waals surface area contributed by atoms with E-state index in [2.05, 4.69) is 15.5 Å². The molecule has 0 bridgehead atoms. The summed E-state index contributed by atoms with van der Waals surface area (Å²) in [4.78, 5) is 42.8. The number of nitrogens with zero attached hydrogens (tertiary/aromatic N) is 2. The van der Waals surface area contributed by atoms with Gasteiger partial charge in [-0.2, -0.15) is 0 Å². The number of hydrogen-bond donors (Lipinski definition) is 2. The zero-order valence-corrected chi connectivity index (χ0v) is 20.0. The van der Waals surface area contributed by atoms with Gasteiger partial charge in [-0.05, 0) is 68.1 Å². The van der Waals surface area contributed by atoms with Crippen LogP contribution in [0.5, 0.6) is 5.75 Å². The highest BCUT2D eigenvalue weighted by Crippen LogP contribution is 2.41. The van der Waals surface area contributed by atoms with Gasteiger partial charge in [0.2, 0.25) is 11.8 Å². The van der Waals surface area contributed by atoms with E-state index in [4.69, 9.17) is 4.74 Å². The lowest BCUT2D eigenvalue weighted by molar-refractivity contribution is -0.129. The molecule has 1 saturated heterocycles. The van der Waals surface area contributed by atoms with Crippen LogP contribution in [0.25, 0.3) is 0 Å². The number of ether oxygens (including phenoxy) is 1. The molecule has 35 heavy (non-hydrogen) atoms. The number of hydrogen-bond acceptors (Lipinski definition) is 5. The monoisotopic (exact) mass is 476 g/mol. The number of benzene rings is 2. The van der Waals surface area contributed by atoms with Crippen molar-refractivity contribution in [3.8, 4) is 5.75 Å². The van der Waals surface area contributed by atoms with Gasteiger partial charge in [-0.25, -0.2) is 0 Å². The van der Waals surface area contributed by atoms with Crippen molar-refractivity contribution >= 4 is 17.7 Å². The average Bonchev–Trinajstić information content (AvgIpc) is 3.49. The Kier molecular flexibility index (Phi) is 6.72. The Hall–Kier alpha value is -3.39. The summed E-state index contributed by atoms with van der Waals surface area (Å²) in [5.41, 5.74) is 2.42. The van der Waals surface area contributed by atoms with Gasteiger partial charge in [0, 0.05) is 18.2 Å². The highest BCUT2D eigenvalue weighted by atomic mass is 16.5. The number of rotatable bonds is 9.